The Labute approximate surface area is 230 Å². The predicted molar refractivity (Wildman–Crippen MR) is 135 cm³/mol. The molecule has 2 aliphatic heterocycles. The van der Waals surface area contributed by atoms with E-state index in [0.29, 0.717) is 13.0 Å². The Morgan fingerprint density at radius 3 is 2.46 bits per heavy atom. The molecular formula is C29H43NO9. The van der Waals surface area contributed by atoms with Gasteiger partial charge in [0.25, 0.3) is 0 Å². The number of likely N-dealkylation sites (N-methyl/N-ethyl adjacent to an activating group) is 1. The number of carbonyl (C=O) groups excluding carboxylic acids is 2. The molecule has 0 aromatic rings. The van der Waals surface area contributed by atoms with E-state index in [-0.39, 0.29) is 78.3 Å². The van der Waals surface area contributed by atoms with Gasteiger partial charge in [0.1, 0.15) is 30.2 Å². The Bertz CT molecular complexity index is 1060. The van der Waals surface area contributed by atoms with Crippen molar-refractivity contribution in [2.24, 2.45) is 34.5 Å². The summed E-state index contributed by atoms with van der Waals surface area (Å²) >= 11 is 0. The lowest BCUT2D eigenvalue weighted by atomic mass is 9.42. The monoisotopic (exact) mass is 549 g/mol. The molecule has 2 heterocycles. The molecule has 2 saturated heterocycles. The first-order valence-electron chi connectivity index (χ1n) is 14.6. The maximum absolute atomic E-state index is 12.7. The van der Waals surface area contributed by atoms with Crippen molar-refractivity contribution in [3.63, 3.8) is 0 Å². The molecule has 5 aliphatic carbocycles. The fourth-order valence-corrected chi connectivity index (χ4v) is 12.1. The highest BCUT2D eigenvalue weighted by molar-refractivity contribution is 5.67. The van der Waals surface area contributed by atoms with E-state index in [9.17, 15) is 9.59 Å². The zero-order valence-electron chi connectivity index (χ0n) is 24.0. The quantitative estimate of drug-likeness (QED) is 0.437. The first-order valence-corrected chi connectivity index (χ1v) is 14.6. The van der Waals surface area contributed by atoms with Crippen molar-refractivity contribution >= 4 is 11.9 Å². The minimum absolute atomic E-state index is 0.0211. The first kappa shape index (κ1) is 26.6. The van der Waals surface area contributed by atoms with Crippen molar-refractivity contribution in [3.8, 4) is 0 Å². The van der Waals surface area contributed by atoms with Crippen LogP contribution in [0.2, 0.25) is 0 Å². The fraction of sp³-hybridized carbons (Fsp3) is 0.931. The lowest BCUT2D eigenvalue weighted by Crippen LogP contribution is -2.81. The van der Waals surface area contributed by atoms with Crippen LogP contribution in [0.3, 0.4) is 0 Å². The summed E-state index contributed by atoms with van der Waals surface area (Å²) in [5, 5.41) is 0. The molecule has 0 radical (unpaired) electrons. The molecule has 0 N–H and O–H groups in total. The van der Waals surface area contributed by atoms with Gasteiger partial charge in [-0.2, -0.15) is 0 Å². The molecule has 13 atom stereocenters. The standard InChI is InChI=1S/C29H43NO9/c1-7-30-12-26(13-33-4)9-8-20(38-15(2)31)28-18-10-17-19(34-5)11-27(21(18)22(17)39-16(3)32)29(25(28)30,37-14-36-27)24(35-6)23(26)28/h17-25H,7-14H2,1-6H3/t17-,18-,19+,20+,21-,22+,23-,24+,25+,26+,27-,28+,29-/m1/s1. The van der Waals surface area contributed by atoms with Gasteiger partial charge in [-0.15, -0.1) is 0 Å². The third-order valence-electron chi connectivity index (χ3n) is 12.3. The van der Waals surface area contributed by atoms with Gasteiger partial charge >= 0.3 is 11.9 Å². The third-order valence-corrected chi connectivity index (χ3v) is 12.3. The van der Waals surface area contributed by atoms with Crippen LogP contribution in [0.15, 0.2) is 0 Å². The van der Waals surface area contributed by atoms with Crippen LogP contribution in [0.4, 0.5) is 0 Å². The van der Waals surface area contributed by atoms with Crippen LogP contribution in [0, 0.1) is 34.5 Å². The largest absolute Gasteiger partial charge is 0.462 e. The van der Waals surface area contributed by atoms with Gasteiger partial charge in [-0.3, -0.25) is 14.5 Å². The number of piperidine rings is 1. The van der Waals surface area contributed by atoms with E-state index >= 15 is 0 Å². The number of likely N-dealkylation sites (tertiary alicyclic amines) is 1. The summed E-state index contributed by atoms with van der Waals surface area (Å²) < 4.78 is 45.1. The number of methoxy groups -OCH3 is 3. The van der Waals surface area contributed by atoms with Crippen LogP contribution < -0.4 is 0 Å². The van der Waals surface area contributed by atoms with Crippen LogP contribution in [0.1, 0.15) is 46.5 Å². The van der Waals surface area contributed by atoms with Crippen molar-refractivity contribution in [2.75, 3.05) is 47.8 Å². The number of ether oxygens (including phenoxy) is 7. The van der Waals surface area contributed by atoms with Gasteiger partial charge in [0.05, 0.1) is 24.9 Å². The normalized spacial score (nSPS) is 54.4. The molecule has 39 heavy (non-hydrogen) atoms. The van der Waals surface area contributed by atoms with Crippen LogP contribution >= 0.6 is 0 Å². The molecule has 218 valence electrons. The number of rotatable bonds is 7. The molecule has 10 heteroatoms. The molecule has 0 aromatic carbocycles. The second kappa shape index (κ2) is 8.61. The highest BCUT2D eigenvalue weighted by Crippen LogP contribution is 2.82. The third kappa shape index (κ3) is 2.80. The second-order valence-corrected chi connectivity index (χ2v) is 13.2. The average molecular weight is 550 g/mol. The van der Waals surface area contributed by atoms with Crippen LogP contribution in [0.5, 0.6) is 0 Å². The van der Waals surface area contributed by atoms with Crippen molar-refractivity contribution in [1.29, 1.82) is 0 Å². The van der Waals surface area contributed by atoms with Crippen molar-refractivity contribution in [2.45, 2.75) is 88.1 Å². The van der Waals surface area contributed by atoms with E-state index in [0.717, 1.165) is 32.4 Å². The number of carbonyl (C=O) groups is 2. The van der Waals surface area contributed by atoms with Gasteiger partial charge in [0.2, 0.25) is 0 Å². The van der Waals surface area contributed by atoms with Crippen molar-refractivity contribution < 1.29 is 42.7 Å². The Morgan fingerprint density at radius 2 is 1.82 bits per heavy atom. The summed E-state index contributed by atoms with van der Waals surface area (Å²) in [5.74, 6) is -0.568. The first-order chi connectivity index (χ1) is 18.7. The Hall–Kier alpha value is -1.30. The molecule has 0 unspecified atom stereocenters. The van der Waals surface area contributed by atoms with Crippen molar-refractivity contribution in [1.82, 2.24) is 4.90 Å². The van der Waals surface area contributed by atoms with Gasteiger partial charge in [0, 0.05) is 76.7 Å². The lowest BCUT2D eigenvalue weighted by molar-refractivity contribution is -0.286. The minimum atomic E-state index is -0.841. The number of hydrogen-bond donors (Lipinski definition) is 0. The molecule has 7 rings (SSSR count). The van der Waals surface area contributed by atoms with E-state index < -0.39 is 16.6 Å². The maximum Gasteiger partial charge on any atom is 0.302 e. The molecule has 0 aromatic heterocycles. The summed E-state index contributed by atoms with van der Waals surface area (Å²) in [4.78, 5) is 27.8. The van der Waals surface area contributed by atoms with E-state index in [1.54, 1.807) is 21.3 Å². The van der Waals surface area contributed by atoms with E-state index in [2.05, 4.69) is 11.8 Å². The molecule has 0 amide bonds. The summed E-state index contributed by atoms with van der Waals surface area (Å²) in [5.41, 5.74) is -2.29. The smallest absolute Gasteiger partial charge is 0.302 e. The van der Waals surface area contributed by atoms with Gasteiger partial charge in [-0.25, -0.2) is 0 Å². The molecule has 5 saturated carbocycles. The van der Waals surface area contributed by atoms with E-state index in [1.807, 2.05) is 0 Å². The average Bonchev–Trinajstić information content (AvgIpc) is 3.46. The summed E-state index contributed by atoms with van der Waals surface area (Å²) in [6.45, 7) is 7.61. The van der Waals surface area contributed by atoms with Gasteiger partial charge in [-0.05, 0) is 31.7 Å². The van der Waals surface area contributed by atoms with E-state index in [1.165, 1.54) is 13.8 Å². The minimum Gasteiger partial charge on any atom is -0.462 e. The summed E-state index contributed by atoms with van der Waals surface area (Å²) in [7, 11) is 5.30. The van der Waals surface area contributed by atoms with Crippen molar-refractivity contribution in [3.05, 3.63) is 0 Å². The lowest BCUT2D eigenvalue weighted by Gasteiger charge is -2.69. The molecule has 10 nitrogen and oxygen atoms in total. The zero-order valence-corrected chi connectivity index (χ0v) is 24.0. The zero-order chi connectivity index (χ0) is 27.5. The number of fused-ring (bicyclic) bond motifs is 1. The number of esters is 2. The predicted octanol–water partition coefficient (Wildman–Crippen LogP) is 1.78. The highest BCUT2D eigenvalue weighted by atomic mass is 16.7. The Balaban J connectivity index is 1.55. The van der Waals surface area contributed by atoms with Crippen LogP contribution in [-0.2, 0) is 42.7 Å². The molecule has 7 aliphatic rings. The molecular weight excluding hydrogens is 506 g/mol. The molecule has 7 fully saturated rings. The topological polar surface area (TPSA) is 102 Å². The number of hydrogen-bond acceptors (Lipinski definition) is 10. The molecule has 3 spiro atoms. The van der Waals surface area contributed by atoms with Gasteiger partial charge < -0.3 is 33.2 Å². The van der Waals surface area contributed by atoms with Crippen LogP contribution in [0.25, 0.3) is 0 Å². The summed E-state index contributed by atoms with van der Waals surface area (Å²) in [6, 6.07) is -0.0873. The van der Waals surface area contributed by atoms with E-state index in [4.69, 9.17) is 33.2 Å². The highest BCUT2D eigenvalue weighted by Gasteiger charge is 2.94. The number of nitrogens with zero attached hydrogens (tertiary/aromatic N) is 1. The second-order valence-electron chi connectivity index (χ2n) is 13.2. The van der Waals surface area contributed by atoms with Gasteiger partial charge in [0.15, 0.2) is 0 Å². The SMILES string of the molecule is CCN1C[C@]2(COC)CC[C@H](OC(C)=O)[C@@]34[C@@H]5C[C@H]6[C@H](OC(C)=O)[C@@H]5[C@@]5(C[C@@H]6OC)OCO[C@]5([C@@H](OC)[C@H]23)[C@@H]14. The molecule has 7 bridgehead atoms. The fourth-order valence-electron chi connectivity index (χ4n) is 12.1. The maximum atomic E-state index is 12.7. The Kier molecular flexibility index (Phi) is 5.87. The van der Waals surface area contributed by atoms with Crippen LogP contribution in [-0.4, -0.2) is 106 Å². The summed E-state index contributed by atoms with van der Waals surface area (Å²) in [6.07, 6.45) is 1.94. The Morgan fingerprint density at radius 1 is 1.05 bits per heavy atom. The van der Waals surface area contributed by atoms with Gasteiger partial charge in [-0.1, -0.05) is 6.92 Å².